The van der Waals surface area contributed by atoms with Gasteiger partial charge in [-0.25, -0.2) is 4.98 Å². The summed E-state index contributed by atoms with van der Waals surface area (Å²) < 4.78 is 0. The predicted octanol–water partition coefficient (Wildman–Crippen LogP) is 3.47. The molecular formula is C21H22N4. The highest BCUT2D eigenvalue weighted by Gasteiger charge is 2.18. The summed E-state index contributed by atoms with van der Waals surface area (Å²) in [5.74, 6) is 0.981. The molecule has 1 aromatic heterocycles. The van der Waals surface area contributed by atoms with Gasteiger partial charge in [-0.2, -0.15) is 0 Å². The molecule has 0 N–H and O–H groups in total. The van der Waals surface area contributed by atoms with E-state index >= 15 is 0 Å². The summed E-state index contributed by atoms with van der Waals surface area (Å²) in [5, 5.41) is 0. The molecular weight excluding hydrogens is 308 g/mol. The van der Waals surface area contributed by atoms with Crippen molar-refractivity contribution in [3.05, 3.63) is 78.8 Å². The number of benzene rings is 2. The Labute approximate surface area is 148 Å². The second-order valence-electron chi connectivity index (χ2n) is 6.39. The van der Waals surface area contributed by atoms with E-state index in [1.165, 1.54) is 16.7 Å². The molecule has 1 aliphatic heterocycles. The van der Waals surface area contributed by atoms with E-state index in [2.05, 4.69) is 74.4 Å². The minimum atomic E-state index is 0.981. The van der Waals surface area contributed by atoms with Gasteiger partial charge >= 0.3 is 0 Å². The molecule has 4 nitrogen and oxygen atoms in total. The zero-order chi connectivity index (χ0) is 16.9. The van der Waals surface area contributed by atoms with Crippen molar-refractivity contribution in [3.63, 3.8) is 0 Å². The summed E-state index contributed by atoms with van der Waals surface area (Å²) in [6.07, 6.45) is 5.33. The average Bonchev–Trinajstić information content (AvgIpc) is 2.71. The SMILES string of the molecule is c1ccc(-c2ccc(CN3CCN(c4cnccn4)CC3)cc2)cc1. The van der Waals surface area contributed by atoms with Crippen LogP contribution in [0.5, 0.6) is 0 Å². The normalized spacial score (nSPS) is 15.3. The van der Waals surface area contributed by atoms with E-state index in [0.717, 1.165) is 38.5 Å². The van der Waals surface area contributed by atoms with Gasteiger partial charge in [-0.15, -0.1) is 0 Å². The van der Waals surface area contributed by atoms with E-state index in [1.807, 2.05) is 6.20 Å². The maximum atomic E-state index is 4.39. The molecule has 4 rings (SSSR count). The Balaban J connectivity index is 1.34. The molecule has 126 valence electrons. The van der Waals surface area contributed by atoms with E-state index in [-0.39, 0.29) is 0 Å². The minimum absolute atomic E-state index is 0.981. The van der Waals surface area contributed by atoms with Gasteiger partial charge in [0.1, 0.15) is 5.82 Å². The van der Waals surface area contributed by atoms with Crippen molar-refractivity contribution in [2.24, 2.45) is 0 Å². The number of hydrogen-bond acceptors (Lipinski definition) is 4. The highest BCUT2D eigenvalue weighted by Crippen LogP contribution is 2.20. The van der Waals surface area contributed by atoms with Crippen LogP contribution in [0.3, 0.4) is 0 Å². The molecule has 1 fully saturated rings. The van der Waals surface area contributed by atoms with Gasteiger partial charge in [0.25, 0.3) is 0 Å². The summed E-state index contributed by atoms with van der Waals surface area (Å²) >= 11 is 0. The number of hydrogen-bond donors (Lipinski definition) is 0. The Morgan fingerprint density at radius 2 is 1.48 bits per heavy atom. The molecule has 0 saturated carbocycles. The first-order valence-electron chi connectivity index (χ1n) is 8.76. The lowest BCUT2D eigenvalue weighted by Crippen LogP contribution is -2.46. The van der Waals surface area contributed by atoms with Gasteiger partial charge in [0.05, 0.1) is 6.20 Å². The topological polar surface area (TPSA) is 32.3 Å². The summed E-state index contributed by atoms with van der Waals surface area (Å²) in [6, 6.07) is 19.5. The van der Waals surface area contributed by atoms with Crippen LogP contribution in [0.15, 0.2) is 73.2 Å². The van der Waals surface area contributed by atoms with Crippen LogP contribution in [0, 0.1) is 0 Å². The van der Waals surface area contributed by atoms with Gasteiger partial charge in [0, 0.05) is 45.1 Å². The van der Waals surface area contributed by atoms with Crippen LogP contribution in [-0.4, -0.2) is 41.0 Å². The maximum Gasteiger partial charge on any atom is 0.147 e. The van der Waals surface area contributed by atoms with Gasteiger partial charge in [-0.3, -0.25) is 9.88 Å². The number of piperazine rings is 1. The minimum Gasteiger partial charge on any atom is -0.353 e. The Hall–Kier alpha value is -2.72. The van der Waals surface area contributed by atoms with Crippen molar-refractivity contribution in [2.75, 3.05) is 31.1 Å². The van der Waals surface area contributed by atoms with Crippen molar-refractivity contribution >= 4 is 5.82 Å². The quantitative estimate of drug-likeness (QED) is 0.733. The fraction of sp³-hybridized carbons (Fsp3) is 0.238. The van der Waals surface area contributed by atoms with E-state index in [9.17, 15) is 0 Å². The lowest BCUT2D eigenvalue weighted by atomic mass is 10.0. The maximum absolute atomic E-state index is 4.39. The molecule has 0 amide bonds. The van der Waals surface area contributed by atoms with E-state index in [4.69, 9.17) is 0 Å². The Morgan fingerprint density at radius 3 is 2.16 bits per heavy atom. The van der Waals surface area contributed by atoms with Crippen molar-refractivity contribution < 1.29 is 0 Å². The zero-order valence-corrected chi connectivity index (χ0v) is 14.3. The summed E-state index contributed by atoms with van der Waals surface area (Å²) in [7, 11) is 0. The van der Waals surface area contributed by atoms with Crippen LogP contribution in [0.4, 0.5) is 5.82 Å². The zero-order valence-electron chi connectivity index (χ0n) is 14.3. The third-order valence-corrected chi connectivity index (χ3v) is 4.71. The van der Waals surface area contributed by atoms with Gasteiger partial charge in [0.15, 0.2) is 0 Å². The number of aromatic nitrogens is 2. The van der Waals surface area contributed by atoms with E-state index in [1.54, 1.807) is 12.4 Å². The highest BCUT2D eigenvalue weighted by molar-refractivity contribution is 5.63. The molecule has 0 spiro atoms. The Morgan fingerprint density at radius 1 is 0.760 bits per heavy atom. The number of rotatable bonds is 4. The molecule has 0 radical (unpaired) electrons. The van der Waals surface area contributed by atoms with Crippen molar-refractivity contribution in [3.8, 4) is 11.1 Å². The molecule has 25 heavy (non-hydrogen) atoms. The first-order chi connectivity index (χ1) is 12.4. The third-order valence-electron chi connectivity index (χ3n) is 4.71. The second kappa shape index (κ2) is 7.45. The smallest absolute Gasteiger partial charge is 0.147 e. The van der Waals surface area contributed by atoms with Gasteiger partial charge < -0.3 is 4.90 Å². The highest BCUT2D eigenvalue weighted by atomic mass is 15.3. The molecule has 2 heterocycles. The van der Waals surface area contributed by atoms with Crippen LogP contribution in [0.25, 0.3) is 11.1 Å². The fourth-order valence-electron chi connectivity index (χ4n) is 3.28. The number of nitrogens with zero attached hydrogens (tertiary/aromatic N) is 4. The fourth-order valence-corrected chi connectivity index (χ4v) is 3.28. The van der Waals surface area contributed by atoms with E-state index in [0.29, 0.717) is 0 Å². The lowest BCUT2D eigenvalue weighted by Gasteiger charge is -2.35. The van der Waals surface area contributed by atoms with Crippen molar-refractivity contribution in [1.82, 2.24) is 14.9 Å². The summed E-state index contributed by atoms with van der Waals surface area (Å²) in [4.78, 5) is 13.4. The summed E-state index contributed by atoms with van der Waals surface area (Å²) in [5.41, 5.74) is 3.91. The van der Waals surface area contributed by atoms with Crippen LogP contribution in [0.2, 0.25) is 0 Å². The molecule has 0 bridgehead atoms. The third kappa shape index (κ3) is 3.86. The predicted molar refractivity (Wildman–Crippen MR) is 101 cm³/mol. The van der Waals surface area contributed by atoms with Crippen LogP contribution in [-0.2, 0) is 6.54 Å². The molecule has 4 heteroatoms. The van der Waals surface area contributed by atoms with E-state index < -0.39 is 0 Å². The second-order valence-corrected chi connectivity index (χ2v) is 6.39. The first kappa shape index (κ1) is 15.8. The molecule has 0 unspecified atom stereocenters. The van der Waals surface area contributed by atoms with Crippen molar-refractivity contribution in [1.29, 1.82) is 0 Å². The lowest BCUT2D eigenvalue weighted by molar-refractivity contribution is 0.249. The van der Waals surface area contributed by atoms with Gasteiger partial charge in [0.2, 0.25) is 0 Å². The van der Waals surface area contributed by atoms with Gasteiger partial charge in [-0.05, 0) is 16.7 Å². The number of anilines is 1. The molecule has 0 aliphatic carbocycles. The molecule has 1 saturated heterocycles. The standard InChI is InChI=1S/C21H22N4/c1-2-4-19(5-3-1)20-8-6-18(7-9-20)17-24-12-14-25(15-13-24)21-16-22-10-11-23-21/h1-11,16H,12-15,17H2. The largest absolute Gasteiger partial charge is 0.353 e. The van der Waals surface area contributed by atoms with Gasteiger partial charge in [-0.1, -0.05) is 54.6 Å². The van der Waals surface area contributed by atoms with Crippen molar-refractivity contribution in [2.45, 2.75) is 6.54 Å². The molecule has 1 aliphatic rings. The van der Waals surface area contributed by atoms with Crippen LogP contribution < -0.4 is 4.90 Å². The van der Waals surface area contributed by atoms with Crippen LogP contribution >= 0.6 is 0 Å². The monoisotopic (exact) mass is 330 g/mol. The Kier molecular flexibility index (Phi) is 4.70. The average molecular weight is 330 g/mol. The molecule has 2 aromatic carbocycles. The Bertz CT molecular complexity index is 779. The summed E-state index contributed by atoms with van der Waals surface area (Å²) in [6.45, 7) is 5.11. The van der Waals surface area contributed by atoms with Crippen LogP contribution in [0.1, 0.15) is 5.56 Å². The molecule has 0 atom stereocenters. The molecule has 3 aromatic rings. The first-order valence-corrected chi connectivity index (χ1v) is 8.76.